The highest BCUT2D eigenvalue weighted by Crippen LogP contribution is 2.27. The molecule has 0 unspecified atom stereocenters. The van der Waals surface area contributed by atoms with Crippen LogP contribution >= 0.6 is 0 Å². The van der Waals surface area contributed by atoms with Gasteiger partial charge in [0.1, 0.15) is 17.2 Å². The number of hydrogen-bond donors (Lipinski definition) is 1. The van der Waals surface area contributed by atoms with Crippen molar-refractivity contribution < 1.29 is 13.7 Å². The number of amides is 1. The maximum Gasteiger partial charge on any atom is 0.274 e. The first kappa shape index (κ1) is 18.7. The molecule has 8 heteroatoms. The fraction of sp³-hybridized carbons (Fsp3) is 0.0435. The number of halogens is 1. The van der Waals surface area contributed by atoms with E-state index in [1.165, 1.54) is 18.3 Å². The third-order valence-electron chi connectivity index (χ3n) is 4.89. The lowest BCUT2D eigenvalue weighted by atomic mass is 10.1. The molecule has 0 spiro atoms. The quantitative estimate of drug-likeness (QED) is 0.460. The standard InChI is InChI=1S/C23H16FN5O2/c1-14-8-9-16(23-27-21(28-31-23)15-5-4-6-17(24)11-15)12-18(14)26-22(30)19-13-25-20-7-2-3-10-29(19)20/h2-13H,1H3,(H,26,30). The van der Waals surface area contributed by atoms with Gasteiger partial charge in [0.05, 0.1) is 6.20 Å². The van der Waals surface area contributed by atoms with Crippen LogP contribution < -0.4 is 5.32 Å². The number of aryl methyl sites for hydroxylation is 1. The average Bonchev–Trinajstić information content (AvgIpc) is 3.43. The largest absolute Gasteiger partial charge is 0.334 e. The van der Waals surface area contributed by atoms with E-state index < -0.39 is 0 Å². The van der Waals surface area contributed by atoms with Gasteiger partial charge >= 0.3 is 0 Å². The van der Waals surface area contributed by atoms with Crippen molar-refractivity contribution in [2.24, 2.45) is 0 Å². The minimum Gasteiger partial charge on any atom is -0.334 e. The molecule has 5 rings (SSSR count). The number of aromatic nitrogens is 4. The van der Waals surface area contributed by atoms with E-state index in [9.17, 15) is 9.18 Å². The summed E-state index contributed by atoms with van der Waals surface area (Å²) in [5, 5.41) is 6.86. The van der Waals surface area contributed by atoms with Crippen LogP contribution in [-0.4, -0.2) is 25.4 Å². The molecule has 31 heavy (non-hydrogen) atoms. The van der Waals surface area contributed by atoms with E-state index in [4.69, 9.17) is 4.52 Å². The first-order valence-electron chi connectivity index (χ1n) is 9.52. The molecule has 1 amide bonds. The molecule has 0 saturated heterocycles. The highest BCUT2D eigenvalue weighted by Gasteiger charge is 2.16. The Morgan fingerprint density at radius 2 is 1.97 bits per heavy atom. The van der Waals surface area contributed by atoms with Crippen molar-refractivity contribution >= 4 is 17.2 Å². The number of carbonyl (C=O) groups is 1. The zero-order valence-corrected chi connectivity index (χ0v) is 16.4. The number of nitrogens with zero attached hydrogens (tertiary/aromatic N) is 4. The van der Waals surface area contributed by atoms with E-state index in [-0.39, 0.29) is 23.4 Å². The number of hydrogen-bond acceptors (Lipinski definition) is 5. The normalized spacial score (nSPS) is 11.0. The molecule has 7 nitrogen and oxygen atoms in total. The number of imidazole rings is 1. The summed E-state index contributed by atoms with van der Waals surface area (Å²) in [5.74, 6) is -0.113. The second kappa shape index (κ2) is 7.49. The summed E-state index contributed by atoms with van der Waals surface area (Å²) in [6, 6.07) is 16.9. The Labute approximate surface area is 176 Å². The van der Waals surface area contributed by atoms with Crippen LogP contribution in [-0.2, 0) is 0 Å². The number of carbonyl (C=O) groups excluding carboxylic acids is 1. The van der Waals surface area contributed by atoms with Crippen LogP contribution in [0.3, 0.4) is 0 Å². The predicted octanol–water partition coefficient (Wildman–Crippen LogP) is 4.75. The molecule has 2 aromatic carbocycles. The third-order valence-corrected chi connectivity index (χ3v) is 4.89. The van der Waals surface area contributed by atoms with Gasteiger partial charge in [-0.25, -0.2) is 9.37 Å². The van der Waals surface area contributed by atoms with Crippen molar-refractivity contribution in [3.05, 3.63) is 90.1 Å². The monoisotopic (exact) mass is 413 g/mol. The van der Waals surface area contributed by atoms with Crippen LogP contribution in [0, 0.1) is 12.7 Å². The van der Waals surface area contributed by atoms with E-state index in [1.54, 1.807) is 28.8 Å². The van der Waals surface area contributed by atoms with Crippen LogP contribution in [0.25, 0.3) is 28.5 Å². The predicted molar refractivity (Wildman–Crippen MR) is 113 cm³/mol. The molecule has 3 heterocycles. The van der Waals surface area contributed by atoms with Gasteiger partial charge in [-0.2, -0.15) is 4.98 Å². The lowest BCUT2D eigenvalue weighted by Crippen LogP contribution is -2.15. The zero-order chi connectivity index (χ0) is 21.4. The molecule has 3 aromatic heterocycles. The Balaban J connectivity index is 1.44. The molecule has 0 bridgehead atoms. The number of fused-ring (bicyclic) bond motifs is 1. The summed E-state index contributed by atoms with van der Waals surface area (Å²) < 4.78 is 20.6. The van der Waals surface area contributed by atoms with Gasteiger partial charge in [-0.1, -0.05) is 29.4 Å². The summed E-state index contributed by atoms with van der Waals surface area (Å²) in [7, 11) is 0. The first-order chi connectivity index (χ1) is 15.1. The Morgan fingerprint density at radius 1 is 1.06 bits per heavy atom. The Kier molecular flexibility index (Phi) is 4.51. The number of rotatable bonds is 4. The van der Waals surface area contributed by atoms with Crippen LogP contribution in [0.5, 0.6) is 0 Å². The van der Waals surface area contributed by atoms with Gasteiger partial charge in [0.15, 0.2) is 0 Å². The fourth-order valence-electron chi connectivity index (χ4n) is 3.26. The van der Waals surface area contributed by atoms with Crippen molar-refractivity contribution in [2.75, 3.05) is 5.32 Å². The van der Waals surface area contributed by atoms with Gasteiger partial charge in [-0.3, -0.25) is 9.20 Å². The van der Waals surface area contributed by atoms with Crippen molar-refractivity contribution in [2.45, 2.75) is 6.92 Å². The lowest BCUT2D eigenvalue weighted by Gasteiger charge is -2.09. The van der Waals surface area contributed by atoms with Gasteiger partial charge in [-0.05, 0) is 48.9 Å². The Hall–Kier alpha value is -4.33. The molecule has 0 saturated carbocycles. The van der Waals surface area contributed by atoms with Crippen LogP contribution in [0.15, 0.2) is 77.6 Å². The maximum absolute atomic E-state index is 13.5. The summed E-state index contributed by atoms with van der Waals surface area (Å²) in [6.07, 6.45) is 3.32. The number of anilines is 1. The highest BCUT2D eigenvalue weighted by molar-refractivity contribution is 6.04. The number of benzene rings is 2. The molecule has 0 atom stereocenters. The molecule has 0 radical (unpaired) electrons. The van der Waals surface area contributed by atoms with Crippen LogP contribution in [0.1, 0.15) is 16.1 Å². The molecule has 5 aromatic rings. The smallest absolute Gasteiger partial charge is 0.274 e. The maximum atomic E-state index is 13.5. The third kappa shape index (κ3) is 3.55. The first-order valence-corrected chi connectivity index (χ1v) is 9.52. The van der Waals surface area contributed by atoms with Gasteiger partial charge in [0, 0.05) is 23.0 Å². The van der Waals surface area contributed by atoms with Crippen LogP contribution in [0.2, 0.25) is 0 Å². The summed E-state index contributed by atoms with van der Waals surface area (Å²) in [5.41, 5.74) is 3.74. The average molecular weight is 413 g/mol. The van der Waals surface area contributed by atoms with E-state index in [0.29, 0.717) is 28.2 Å². The second-order valence-electron chi connectivity index (χ2n) is 6.99. The van der Waals surface area contributed by atoms with Gasteiger partial charge < -0.3 is 9.84 Å². The number of nitrogens with one attached hydrogen (secondary N) is 1. The molecule has 0 aliphatic carbocycles. The summed E-state index contributed by atoms with van der Waals surface area (Å²) in [4.78, 5) is 21.5. The minimum atomic E-state index is -0.378. The van der Waals surface area contributed by atoms with Crippen molar-refractivity contribution in [1.29, 1.82) is 0 Å². The Morgan fingerprint density at radius 3 is 2.84 bits per heavy atom. The molecule has 0 aliphatic rings. The van der Waals surface area contributed by atoms with E-state index in [0.717, 1.165) is 5.56 Å². The molecule has 0 fully saturated rings. The molecular formula is C23H16FN5O2. The van der Waals surface area contributed by atoms with Gasteiger partial charge in [-0.15, -0.1) is 0 Å². The SMILES string of the molecule is Cc1ccc(-c2nc(-c3cccc(F)c3)no2)cc1NC(=O)c1cnc2ccccn12. The van der Waals surface area contributed by atoms with Crippen molar-refractivity contribution in [3.8, 4) is 22.8 Å². The van der Waals surface area contributed by atoms with Gasteiger partial charge in [0.25, 0.3) is 11.8 Å². The fourth-order valence-corrected chi connectivity index (χ4v) is 3.26. The van der Waals surface area contributed by atoms with E-state index >= 15 is 0 Å². The topological polar surface area (TPSA) is 85.3 Å². The van der Waals surface area contributed by atoms with E-state index in [2.05, 4.69) is 20.4 Å². The molecule has 1 N–H and O–H groups in total. The molecule has 152 valence electrons. The zero-order valence-electron chi connectivity index (χ0n) is 16.4. The molecular weight excluding hydrogens is 397 g/mol. The summed E-state index contributed by atoms with van der Waals surface area (Å²) in [6.45, 7) is 1.89. The summed E-state index contributed by atoms with van der Waals surface area (Å²) >= 11 is 0. The highest BCUT2D eigenvalue weighted by atomic mass is 19.1. The molecule has 0 aliphatic heterocycles. The number of pyridine rings is 1. The van der Waals surface area contributed by atoms with Crippen molar-refractivity contribution in [1.82, 2.24) is 19.5 Å². The lowest BCUT2D eigenvalue weighted by molar-refractivity contribution is 0.102. The Bertz CT molecular complexity index is 1420. The minimum absolute atomic E-state index is 0.268. The van der Waals surface area contributed by atoms with E-state index in [1.807, 2.05) is 37.3 Å². The van der Waals surface area contributed by atoms with Crippen LogP contribution in [0.4, 0.5) is 10.1 Å². The second-order valence-corrected chi connectivity index (χ2v) is 6.99. The van der Waals surface area contributed by atoms with Gasteiger partial charge in [0.2, 0.25) is 5.82 Å². The van der Waals surface area contributed by atoms with Crippen molar-refractivity contribution in [3.63, 3.8) is 0 Å².